The van der Waals surface area contributed by atoms with Crippen molar-refractivity contribution in [1.29, 1.82) is 0 Å². The van der Waals surface area contributed by atoms with Crippen molar-refractivity contribution in [3.63, 3.8) is 0 Å². The molecule has 0 amide bonds. The molecule has 0 rings (SSSR count). The van der Waals surface area contributed by atoms with Gasteiger partial charge in [0.15, 0.2) is 0 Å². The van der Waals surface area contributed by atoms with Crippen LogP contribution in [0.15, 0.2) is 0 Å². The summed E-state index contributed by atoms with van der Waals surface area (Å²) < 4.78 is 46.4. The highest BCUT2D eigenvalue weighted by atomic mass is 32.2. The van der Waals surface area contributed by atoms with Gasteiger partial charge in [-0.25, -0.2) is 21.6 Å². The molecule has 102 valence electrons. The van der Waals surface area contributed by atoms with Gasteiger partial charge < -0.3 is 5.11 Å². The fourth-order valence-corrected chi connectivity index (χ4v) is 3.51. The Balaban J connectivity index is 4.44. The predicted molar refractivity (Wildman–Crippen MR) is 62.9 cm³/mol. The fourth-order valence-electron chi connectivity index (χ4n) is 0.699. The van der Waals surface area contributed by atoms with E-state index in [9.17, 15) is 21.6 Å². The predicted octanol–water partition coefficient (Wildman–Crippen LogP) is -0.939. The number of hydrogen-bond acceptors (Lipinski definition) is 5. The highest BCUT2D eigenvalue weighted by molar-refractivity contribution is 7.93. The first-order valence-electron chi connectivity index (χ1n) is 4.74. The Bertz CT molecular complexity index is 476. The number of hydrogen-bond donors (Lipinski definition) is 2. The summed E-state index contributed by atoms with van der Waals surface area (Å²) in [6.07, 6.45) is 0.934. The molecule has 17 heavy (non-hydrogen) atoms. The van der Waals surface area contributed by atoms with Gasteiger partial charge in [0, 0.05) is 12.8 Å². The third kappa shape index (κ3) is 7.29. The van der Waals surface area contributed by atoms with E-state index in [1.807, 2.05) is 0 Å². The number of sulfone groups is 1. The fraction of sp³-hybridized carbons (Fsp3) is 0.875. The van der Waals surface area contributed by atoms with Crippen molar-refractivity contribution in [1.82, 2.24) is 4.72 Å². The van der Waals surface area contributed by atoms with Crippen molar-refractivity contribution in [2.75, 3.05) is 24.3 Å². The molecule has 0 bridgehead atoms. The van der Waals surface area contributed by atoms with Crippen molar-refractivity contribution >= 4 is 25.8 Å². The van der Waals surface area contributed by atoms with Crippen molar-refractivity contribution in [3.8, 4) is 0 Å². The summed E-state index contributed by atoms with van der Waals surface area (Å²) in [4.78, 5) is 10.7. The van der Waals surface area contributed by atoms with Crippen LogP contribution in [-0.4, -0.2) is 52.2 Å². The monoisotopic (exact) mass is 287 g/mol. The zero-order valence-corrected chi connectivity index (χ0v) is 11.6. The number of sulfonamides is 1. The molecule has 0 radical (unpaired) electrons. The Labute approximate surface area is 101 Å². The topological polar surface area (TPSA) is 118 Å². The van der Waals surface area contributed by atoms with Crippen LogP contribution in [0.4, 0.5) is 0 Å². The molecule has 7 nitrogen and oxygen atoms in total. The molecular formula is C8H17NO6S2. The summed E-state index contributed by atoms with van der Waals surface area (Å²) in [6, 6.07) is 0. The molecule has 0 aromatic rings. The van der Waals surface area contributed by atoms with Gasteiger partial charge in [0.05, 0.1) is 16.9 Å². The number of carboxylic acid groups (broad SMARTS) is 1. The summed E-state index contributed by atoms with van der Waals surface area (Å²) in [5, 5.41) is 8.77. The second-order valence-electron chi connectivity index (χ2n) is 4.46. The Morgan fingerprint density at radius 1 is 1.18 bits per heavy atom. The van der Waals surface area contributed by atoms with E-state index in [1.165, 1.54) is 13.8 Å². The van der Waals surface area contributed by atoms with Gasteiger partial charge in [-0.15, -0.1) is 0 Å². The molecule has 0 saturated carbocycles. The quantitative estimate of drug-likeness (QED) is 0.624. The second kappa shape index (κ2) is 5.32. The second-order valence-corrected chi connectivity index (χ2v) is 8.65. The normalized spacial score (nSPS) is 13.6. The molecular weight excluding hydrogens is 270 g/mol. The molecule has 0 spiro atoms. The number of carboxylic acids is 1. The van der Waals surface area contributed by atoms with Crippen LogP contribution in [0.1, 0.15) is 13.8 Å². The minimum absolute atomic E-state index is 0.283. The summed E-state index contributed by atoms with van der Waals surface area (Å²) in [7, 11) is -7.14. The summed E-state index contributed by atoms with van der Waals surface area (Å²) in [5.41, 5.74) is -1.24. The molecule has 0 aliphatic carbocycles. The van der Waals surface area contributed by atoms with E-state index in [0.717, 1.165) is 6.26 Å². The van der Waals surface area contributed by atoms with E-state index in [4.69, 9.17) is 5.11 Å². The summed E-state index contributed by atoms with van der Waals surface area (Å²) in [6.45, 7) is 2.46. The molecule has 0 saturated heterocycles. The van der Waals surface area contributed by atoms with Gasteiger partial charge in [-0.05, 0) is 13.8 Å². The standard InChI is InChI=1S/C8H17NO6S2/c1-8(2,7(10)11)6-9-17(14,15)5-4-16(3,12)13/h9H,4-6H2,1-3H3,(H,10,11). The molecule has 0 aromatic carbocycles. The van der Waals surface area contributed by atoms with Gasteiger partial charge in [0.1, 0.15) is 9.84 Å². The average Bonchev–Trinajstić information content (AvgIpc) is 2.11. The van der Waals surface area contributed by atoms with Crippen LogP contribution in [0.5, 0.6) is 0 Å². The molecule has 0 unspecified atom stereocenters. The molecule has 9 heteroatoms. The minimum atomic E-state index is -3.77. The first kappa shape index (κ1) is 16.3. The summed E-state index contributed by atoms with van der Waals surface area (Å²) >= 11 is 0. The van der Waals surface area contributed by atoms with E-state index >= 15 is 0 Å². The lowest BCUT2D eigenvalue weighted by atomic mass is 9.95. The van der Waals surface area contributed by atoms with Crippen LogP contribution < -0.4 is 4.72 Å². The zero-order valence-electron chi connectivity index (χ0n) is 9.93. The molecule has 0 fully saturated rings. The van der Waals surface area contributed by atoms with Gasteiger partial charge in [0.25, 0.3) is 0 Å². The van der Waals surface area contributed by atoms with Crippen LogP contribution in [0.25, 0.3) is 0 Å². The van der Waals surface area contributed by atoms with Gasteiger partial charge in [0.2, 0.25) is 10.0 Å². The van der Waals surface area contributed by atoms with Gasteiger partial charge in [-0.2, -0.15) is 0 Å². The Kier molecular flexibility index (Phi) is 5.11. The third-order valence-electron chi connectivity index (χ3n) is 2.04. The molecule has 0 aromatic heterocycles. The van der Waals surface area contributed by atoms with Crippen molar-refractivity contribution < 1.29 is 26.7 Å². The maximum absolute atomic E-state index is 11.4. The average molecular weight is 287 g/mol. The maximum Gasteiger partial charge on any atom is 0.310 e. The molecule has 0 aliphatic rings. The number of rotatable bonds is 7. The molecule has 2 N–H and O–H groups in total. The number of carbonyl (C=O) groups is 1. The Hall–Kier alpha value is -0.670. The summed E-state index contributed by atoms with van der Waals surface area (Å²) in [5.74, 6) is -2.19. The Morgan fingerprint density at radius 2 is 1.65 bits per heavy atom. The van der Waals surface area contributed by atoms with Crippen LogP contribution in [-0.2, 0) is 24.7 Å². The van der Waals surface area contributed by atoms with E-state index in [1.54, 1.807) is 0 Å². The highest BCUT2D eigenvalue weighted by Crippen LogP contribution is 2.13. The van der Waals surface area contributed by atoms with Crippen molar-refractivity contribution in [2.45, 2.75) is 13.8 Å². The van der Waals surface area contributed by atoms with Crippen LogP contribution in [0.3, 0.4) is 0 Å². The van der Waals surface area contributed by atoms with Crippen LogP contribution >= 0.6 is 0 Å². The molecule has 0 heterocycles. The largest absolute Gasteiger partial charge is 0.481 e. The van der Waals surface area contributed by atoms with Crippen molar-refractivity contribution in [2.24, 2.45) is 5.41 Å². The van der Waals surface area contributed by atoms with Gasteiger partial charge in [-0.3, -0.25) is 4.79 Å². The van der Waals surface area contributed by atoms with Crippen LogP contribution in [0, 0.1) is 5.41 Å². The van der Waals surface area contributed by atoms with E-state index in [0.29, 0.717) is 0 Å². The molecule has 0 atom stereocenters. The lowest BCUT2D eigenvalue weighted by molar-refractivity contribution is -0.146. The van der Waals surface area contributed by atoms with Crippen molar-refractivity contribution in [3.05, 3.63) is 0 Å². The first-order chi connectivity index (χ1) is 7.36. The minimum Gasteiger partial charge on any atom is -0.481 e. The van der Waals surface area contributed by atoms with E-state index in [2.05, 4.69) is 4.72 Å². The SMILES string of the molecule is CC(C)(CNS(=O)(=O)CCS(C)(=O)=O)C(=O)O. The highest BCUT2D eigenvalue weighted by Gasteiger charge is 2.29. The lowest BCUT2D eigenvalue weighted by Crippen LogP contribution is -2.40. The lowest BCUT2D eigenvalue weighted by Gasteiger charge is -2.19. The van der Waals surface area contributed by atoms with E-state index < -0.39 is 42.8 Å². The third-order valence-corrected chi connectivity index (χ3v) is 4.57. The van der Waals surface area contributed by atoms with E-state index in [-0.39, 0.29) is 6.54 Å². The zero-order chi connectivity index (χ0) is 13.9. The van der Waals surface area contributed by atoms with Gasteiger partial charge >= 0.3 is 5.97 Å². The van der Waals surface area contributed by atoms with Crippen LogP contribution in [0.2, 0.25) is 0 Å². The maximum atomic E-state index is 11.4. The van der Waals surface area contributed by atoms with Gasteiger partial charge in [-0.1, -0.05) is 0 Å². The molecule has 0 aliphatic heterocycles. The number of nitrogens with one attached hydrogen (secondary N) is 1. The smallest absolute Gasteiger partial charge is 0.310 e. The Morgan fingerprint density at radius 3 is 2.00 bits per heavy atom. The first-order valence-corrected chi connectivity index (χ1v) is 8.45. The number of aliphatic carboxylic acids is 1.